The van der Waals surface area contributed by atoms with Crippen LogP contribution in [0.2, 0.25) is 0 Å². The predicted molar refractivity (Wildman–Crippen MR) is 195 cm³/mol. The van der Waals surface area contributed by atoms with Gasteiger partial charge in [-0.05, 0) is 78.3 Å². The maximum Gasteiger partial charge on any atom is 0.475 e. The highest BCUT2D eigenvalue weighted by Crippen LogP contribution is 2.52. The SMILES string of the molecule is O=C(NC(COP1(=O)OCc2ccccc2CO1)C(=O)Nc1ccc(OCCCCCc2ccccc2)c(-c2ccco2)c1)OCc1ccccc1. The van der Waals surface area contributed by atoms with Crippen LogP contribution >= 0.6 is 7.82 Å². The number of ether oxygens (including phenoxy) is 2. The second kappa shape index (κ2) is 18.3. The van der Waals surface area contributed by atoms with Crippen LogP contribution in [0.4, 0.5) is 10.5 Å². The fourth-order valence-corrected chi connectivity index (χ4v) is 6.68. The molecule has 6 rings (SSSR count). The summed E-state index contributed by atoms with van der Waals surface area (Å²) in [7, 11) is -4.10. The van der Waals surface area contributed by atoms with Crippen LogP contribution in [0, 0.1) is 0 Å². The molecule has 1 atom stereocenters. The van der Waals surface area contributed by atoms with Crippen molar-refractivity contribution in [2.45, 2.75) is 51.5 Å². The number of phosphoric acid groups is 1. The van der Waals surface area contributed by atoms with E-state index in [1.165, 1.54) is 5.56 Å². The van der Waals surface area contributed by atoms with Gasteiger partial charge in [0, 0.05) is 5.69 Å². The number of fused-ring (bicyclic) bond motifs is 1. The molecule has 12 heteroatoms. The van der Waals surface area contributed by atoms with Gasteiger partial charge in [0.2, 0.25) is 5.91 Å². The molecule has 2 amide bonds. The van der Waals surface area contributed by atoms with Crippen molar-refractivity contribution in [3.8, 4) is 17.1 Å². The highest BCUT2D eigenvalue weighted by atomic mass is 31.2. The first-order chi connectivity index (χ1) is 25.4. The van der Waals surface area contributed by atoms with Crippen molar-refractivity contribution >= 4 is 25.5 Å². The molecule has 1 aromatic heterocycles. The number of hydrogen-bond acceptors (Lipinski definition) is 9. The summed E-state index contributed by atoms with van der Waals surface area (Å²) in [5.41, 5.74) is 4.74. The van der Waals surface area contributed by atoms with E-state index in [-0.39, 0.29) is 19.8 Å². The number of rotatable bonds is 16. The Balaban J connectivity index is 1.10. The van der Waals surface area contributed by atoms with Gasteiger partial charge < -0.3 is 24.5 Å². The third-order valence-electron chi connectivity index (χ3n) is 8.34. The van der Waals surface area contributed by atoms with Crippen LogP contribution < -0.4 is 15.4 Å². The summed E-state index contributed by atoms with van der Waals surface area (Å²) in [6.45, 7) is -0.0524. The summed E-state index contributed by atoms with van der Waals surface area (Å²) in [4.78, 5) is 26.6. The molecule has 2 heterocycles. The number of anilines is 1. The summed E-state index contributed by atoms with van der Waals surface area (Å²) in [6, 6.07) is 34.3. The van der Waals surface area contributed by atoms with E-state index in [1.54, 1.807) is 48.7 Å². The van der Waals surface area contributed by atoms with Gasteiger partial charge in [-0.3, -0.25) is 18.4 Å². The van der Waals surface area contributed by atoms with E-state index in [2.05, 4.69) is 34.9 Å². The van der Waals surface area contributed by atoms with Crippen molar-refractivity contribution in [2.24, 2.45) is 0 Å². The standard InChI is InChI=1S/C40H41N2O9P/c43-39(41-34-21-22-38(35(25-34)37-20-12-24-47-37)46-23-11-3-8-15-30-13-4-1-5-14-30)36(42-40(44)48-26-31-16-6-2-7-17-31)29-51-52(45)49-27-32-18-9-10-19-33(32)28-50-52/h1-2,4-7,9-10,12-14,16-22,24-25,36H,3,8,11,15,23,26-29H2,(H,41,43)(H,42,44). The van der Waals surface area contributed by atoms with Crippen molar-refractivity contribution in [3.63, 3.8) is 0 Å². The van der Waals surface area contributed by atoms with Crippen LogP contribution in [0.3, 0.4) is 0 Å². The summed E-state index contributed by atoms with van der Waals surface area (Å²) in [6.07, 6.45) is 4.65. The number of carbonyl (C=O) groups is 2. The largest absolute Gasteiger partial charge is 0.493 e. The van der Waals surface area contributed by atoms with Gasteiger partial charge in [0.25, 0.3) is 0 Å². The minimum absolute atomic E-state index is 0.00543. The maximum absolute atomic E-state index is 13.7. The van der Waals surface area contributed by atoms with E-state index >= 15 is 0 Å². The van der Waals surface area contributed by atoms with E-state index in [4.69, 9.17) is 27.5 Å². The van der Waals surface area contributed by atoms with Gasteiger partial charge >= 0.3 is 13.9 Å². The van der Waals surface area contributed by atoms with E-state index in [9.17, 15) is 14.2 Å². The van der Waals surface area contributed by atoms with Crippen LogP contribution in [-0.2, 0) is 53.9 Å². The average Bonchev–Trinajstić information content (AvgIpc) is 3.66. The number of carbonyl (C=O) groups excluding carboxylic acids is 2. The van der Waals surface area contributed by atoms with Gasteiger partial charge in [-0.1, -0.05) is 84.9 Å². The molecular weight excluding hydrogens is 683 g/mol. The van der Waals surface area contributed by atoms with Crippen molar-refractivity contribution in [2.75, 3.05) is 18.5 Å². The molecule has 52 heavy (non-hydrogen) atoms. The number of phosphoric ester groups is 1. The van der Waals surface area contributed by atoms with Crippen LogP contribution in [0.25, 0.3) is 11.3 Å². The van der Waals surface area contributed by atoms with Gasteiger partial charge in [-0.25, -0.2) is 9.36 Å². The molecular formula is C40H41N2O9P. The van der Waals surface area contributed by atoms with Gasteiger partial charge in [0.15, 0.2) is 0 Å². The Morgan fingerprint density at radius 2 is 1.46 bits per heavy atom. The first-order valence-corrected chi connectivity index (χ1v) is 18.6. The number of aryl methyl sites for hydroxylation is 1. The highest BCUT2D eigenvalue weighted by molar-refractivity contribution is 7.48. The van der Waals surface area contributed by atoms with E-state index in [0.29, 0.717) is 29.4 Å². The van der Waals surface area contributed by atoms with Crippen LogP contribution in [0.1, 0.15) is 41.5 Å². The zero-order chi connectivity index (χ0) is 36.0. The quantitative estimate of drug-likeness (QED) is 0.0756. The number of benzene rings is 4. The minimum Gasteiger partial charge on any atom is -0.493 e. The van der Waals surface area contributed by atoms with Crippen LogP contribution in [0.15, 0.2) is 126 Å². The second-order valence-corrected chi connectivity index (χ2v) is 13.8. The molecule has 4 aromatic carbocycles. The minimum atomic E-state index is -4.10. The summed E-state index contributed by atoms with van der Waals surface area (Å²) < 4.78 is 47.3. The molecule has 1 unspecified atom stereocenters. The fraction of sp³-hybridized carbons (Fsp3) is 0.250. The summed E-state index contributed by atoms with van der Waals surface area (Å²) in [5, 5.41) is 5.35. The lowest BCUT2D eigenvalue weighted by atomic mass is 10.1. The molecule has 0 spiro atoms. The monoisotopic (exact) mass is 724 g/mol. The molecule has 11 nitrogen and oxygen atoms in total. The van der Waals surface area contributed by atoms with E-state index in [0.717, 1.165) is 42.4 Å². The Hall–Kier alpha value is -5.19. The van der Waals surface area contributed by atoms with Crippen molar-refractivity contribution < 1.29 is 41.6 Å². The number of nitrogens with one attached hydrogen (secondary N) is 2. The molecule has 0 saturated heterocycles. The first kappa shape index (κ1) is 36.6. The molecule has 0 saturated carbocycles. The summed E-state index contributed by atoms with van der Waals surface area (Å²) in [5.74, 6) is 0.499. The maximum atomic E-state index is 13.7. The second-order valence-electron chi connectivity index (χ2n) is 12.1. The van der Waals surface area contributed by atoms with Crippen molar-refractivity contribution in [1.82, 2.24) is 5.32 Å². The zero-order valence-electron chi connectivity index (χ0n) is 28.6. The van der Waals surface area contributed by atoms with Crippen molar-refractivity contribution in [3.05, 3.63) is 144 Å². The molecule has 1 aliphatic heterocycles. The number of alkyl carbamates (subject to hydrolysis) is 1. The van der Waals surface area contributed by atoms with Gasteiger partial charge in [0.1, 0.15) is 24.2 Å². The van der Waals surface area contributed by atoms with E-state index in [1.807, 2.05) is 48.5 Å². The lowest BCUT2D eigenvalue weighted by Gasteiger charge is -2.21. The smallest absolute Gasteiger partial charge is 0.475 e. The fourth-order valence-electron chi connectivity index (χ4n) is 5.53. The lowest BCUT2D eigenvalue weighted by Crippen LogP contribution is -2.46. The highest BCUT2D eigenvalue weighted by Gasteiger charge is 2.34. The third-order valence-corrected chi connectivity index (χ3v) is 9.70. The number of furan rings is 1. The molecule has 2 N–H and O–H groups in total. The Kier molecular flexibility index (Phi) is 12.9. The van der Waals surface area contributed by atoms with Crippen molar-refractivity contribution in [1.29, 1.82) is 0 Å². The third kappa shape index (κ3) is 10.7. The van der Waals surface area contributed by atoms with Crippen LogP contribution in [-0.4, -0.2) is 31.3 Å². The molecule has 270 valence electrons. The summed E-state index contributed by atoms with van der Waals surface area (Å²) >= 11 is 0. The Morgan fingerprint density at radius 3 is 2.15 bits per heavy atom. The van der Waals surface area contributed by atoms with Crippen LogP contribution in [0.5, 0.6) is 5.75 Å². The molecule has 0 bridgehead atoms. The molecule has 0 fully saturated rings. The normalized spacial score (nSPS) is 14.0. The molecule has 1 aliphatic rings. The van der Waals surface area contributed by atoms with Gasteiger partial charge in [-0.15, -0.1) is 0 Å². The number of unbranched alkanes of at least 4 members (excludes halogenated alkanes) is 2. The molecule has 0 radical (unpaired) electrons. The number of hydrogen-bond donors (Lipinski definition) is 2. The zero-order valence-corrected chi connectivity index (χ0v) is 29.5. The Bertz CT molecular complexity index is 1910. The average molecular weight is 725 g/mol. The van der Waals surface area contributed by atoms with Gasteiger partial charge in [-0.2, -0.15) is 0 Å². The lowest BCUT2D eigenvalue weighted by molar-refractivity contribution is -0.118. The first-order valence-electron chi connectivity index (χ1n) is 17.2. The molecule has 5 aromatic rings. The van der Waals surface area contributed by atoms with Gasteiger partial charge in [0.05, 0.1) is 38.3 Å². The topological polar surface area (TPSA) is 135 Å². The van der Waals surface area contributed by atoms with E-state index < -0.39 is 32.5 Å². The Morgan fingerprint density at radius 1 is 0.769 bits per heavy atom. The number of amides is 2. The Labute approximate surface area is 302 Å². The predicted octanol–water partition coefficient (Wildman–Crippen LogP) is 8.84. The molecule has 0 aliphatic carbocycles.